The van der Waals surface area contributed by atoms with Gasteiger partial charge >= 0.3 is 0 Å². The Balaban J connectivity index is 0.988. The summed E-state index contributed by atoms with van der Waals surface area (Å²) < 4.78 is 8.93. The molecular formula is C63H42N4OSi. The number of hydrogen-bond acceptors (Lipinski definition) is 4. The summed E-state index contributed by atoms with van der Waals surface area (Å²) in [6.45, 7) is 0. The van der Waals surface area contributed by atoms with Crippen molar-refractivity contribution in [3.8, 4) is 51.0 Å². The van der Waals surface area contributed by atoms with Crippen molar-refractivity contribution in [2.75, 3.05) is 0 Å². The Morgan fingerprint density at radius 2 is 0.725 bits per heavy atom. The molecule has 3 aromatic heterocycles. The van der Waals surface area contributed by atoms with Gasteiger partial charge in [0.2, 0.25) is 0 Å². The largest absolute Gasteiger partial charge is 0.455 e. The van der Waals surface area contributed by atoms with Crippen molar-refractivity contribution in [1.82, 2.24) is 19.5 Å². The van der Waals surface area contributed by atoms with Gasteiger partial charge in [0.25, 0.3) is 0 Å². The van der Waals surface area contributed by atoms with E-state index in [9.17, 15) is 0 Å². The molecule has 13 rings (SSSR count). The van der Waals surface area contributed by atoms with Gasteiger partial charge in [0.1, 0.15) is 11.2 Å². The fraction of sp³-hybridized carbons (Fsp3) is 0. The molecule has 0 saturated carbocycles. The van der Waals surface area contributed by atoms with Crippen molar-refractivity contribution in [3.63, 3.8) is 0 Å². The summed E-state index contributed by atoms with van der Waals surface area (Å²) >= 11 is 0. The number of rotatable bonds is 9. The maximum absolute atomic E-state index is 6.59. The Kier molecular flexibility index (Phi) is 9.77. The van der Waals surface area contributed by atoms with Gasteiger partial charge in [-0.05, 0) is 68.8 Å². The first-order chi connectivity index (χ1) is 34.2. The third-order valence-corrected chi connectivity index (χ3v) is 18.5. The van der Waals surface area contributed by atoms with Crippen LogP contribution >= 0.6 is 0 Å². The monoisotopic (exact) mass is 898 g/mol. The molecule has 13 aromatic rings. The second-order valence-corrected chi connectivity index (χ2v) is 21.3. The average Bonchev–Trinajstić information content (AvgIpc) is 3.98. The Bertz CT molecular complexity index is 3850. The lowest BCUT2D eigenvalue weighted by Gasteiger charge is -2.34. The van der Waals surface area contributed by atoms with Crippen molar-refractivity contribution >= 4 is 72.6 Å². The van der Waals surface area contributed by atoms with Crippen molar-refractivity contribution in [2.45, 2.75) is 0 Å². The van der Waals surface area contributed by atoms with Crippen LogP contribution in [0.1, 0.15) is 0 Å². The maximum atomic E-state index is 6.59. The molecule has 3 heterocycles. The van der Waals surface area contributed by atoms with E-state index in [2.05, 4.69) is 247 Å². The standard InChI is InChI=1S/C63H42N4OSi/c1-4-19-46(20-5-1)69(47-21-6-2-7-22-47,48-23-8-3-9-24-48)49-41-37-44(38-42-49)62-64-61(43-35-39-45(40-36-43)67-57-32-15-12-26-51(57)52-27-13-16-33-58(52)67)65-63(66-62)56-29-11-10-25-50(56)54-30-18-31-55-53-28-14-17-34-59(53)68-60(54)55/h1-42H. The number of para-hydroxylation sites is 4. The fourth-order valence-electron chi connectivity index (χ4n) is 10.5. The molecule has 0 aliphatic rings. The van der Waals surface area contributed by atoms with Crippen LogP contribution in [-0.4, -0.2) is 27.6 Å². The Morgan fingerprint density at radius 1 is 0.304 bits per heavy atom. The molecule has 6 heteroatoms. The lowest BCUT2D eigenvalue weighted by atomic mass is 9.97. The Labute approximate surface area is 400 Å². The predicted octanol–water partition coefficient (Wildman–Crippen LogP) is 12.9. The number of nitrogens with zero attached hydrogens (tertiary/aromatic N) is 4. The summed E-state index contributed by atoms with van der Waals surface area (Å²) in [4.78, 5) is 16.0. The van der Waals surface area contributed by atoms with Gasteiger partial charge < -0.3 is 8.98 Å². The van der Waals surface area contributed by atoms with Crippen LogP contribution in [0.5, 0.6) is 0 Å². The molecule has 0 saturated heterocycles. The van der Waals surface area contributed by atoms with Gasteiger partial charge in [-0.3, -0.25) is 0 Å². The molecule has 0 bridgehead atoms. The molecule has 0 N–H and O–H groups in total. The van der Waals surface area contributed by atoms with Gasteiger partial charge in [-0.25, -0.2) is 15.0 Å². The van der Waals surface area contributed by atoms with E-state index in [-0.39, 0.29) is 0 Å². The van der Waals surface area contributed by atoms with Crippen LogP contribution in [0.2, 0.25) is 0 Å². The minimum Gasteiger partial charge on any atom is -0.455 e. The molecule has 5 nitrogen and oxygen atoms in total. The average molecular weight is 899 g/mol. The van der Waals surface area contributed by atoms with E-state index in [0.717, 1.165) is 66.5 Å². The molecule has 0 fully saturated rings. The highest BCUT2D eigenvalue weighted by Crippen LogP contribution is 2.40. The molecule has 0 unspecified atom stereocenters. The van der Waals surface area contributed by atoms with Crippen LogP contribution in [-0.2, 0) is 0 Å². The van der Waals surface area contributed by atoms with E-state index >= 15 is 0 Å². The summed E-state index contributed by atoms with van der Waals surface area (Å²) in [5.41, 5.74) is 9.71. The quantitative estimate of drug-likeness (QED) is 0.107. The van der Waals surface area contributed by atoms with Crippen LogP contribution in [0.15, 0.2) is 259 Å². The summed E-state index contributed by atoms with van der Waals surface area (Å²) in [6, 6.07) is 90.7. The van der Waals surface area contributed by atoms with Crippen LogP contribution < -0.4 is 20.7 Å². The number of benzene rings is 10. The SMILES string of the molecule is c1ccc([Si](c2ccccc2)(c2ccccc2)c2ccc(-c3nc(-c4ccc(-n5c6ccccc6c6ccccc65)cc4)nc(-c4ccccc4-c4cccc5c4oc4ccccc45)n3)cc2)cc1. The highest BCUT2D eigenvalue weighted by molar-refractivity contribution is 7.19. The van der Waals surface area contributed by atoms with E-state index in [1.807, 2.05) is 12.1 Å². The van der Waals surface area contributed by atoms with Crippen LogP contribution in [0, 0.1) is 0 Å². The first-order valence-corrected chi connectivity index (χ1v) is 25.3. The maximum Gasteiger partial charge on any atom is 0.179 e. The summed E-state index contributed by atoms with van der Waals surface area (Å²) in [5.74, 6) is 1.76. The number of hydrogen-bond donors (Lipinski definition) is 0. The Morgan fingerprint density at radius 3 is 1.30 bits per heavy atom. The van der Waals surface area contributed by atoms with E-state index < -0.39 is 8.07 Å². The lowest BCUT2D eigenvalue weighted by Crippen LogP contribution is -2.74. The highest BCUT2D eigenvalue weighted by atomic mass is 28.3. The van der Waals surface area contributed by atoms with Gasteiger partial charge in [-0.2, -0.15) is 0 Å². The van der Waals surface area contributed by atoms with E-state index in [1.165, 1.54) is 31.5 Å². The Hall–Kier alpha value is -8.97. The van der Waals surface area contributed by atoms with Crippen molar-refractivity contribution < 1.29 is 4.42 Å². The van der Waals surface area contributed by atoms with Crippen LogP contribution in [0.3, 0.4) is 0 Å². The predicted molar refractivity (Wildman–Crippen MR) is 287 cm³/mol. The molecule has 0 aliphatic carbocycles. The first kappa shape index (κ1) is 40.3. The zero-order valence-electron chi connectivity index (χ0n) is 37.4. The summed E-state index contributed by atoms with van der Waals surface area (Å²) in [5, 5.41) is 9.84. The molecule has 324 valence electrons. The van der Waals surface area contributed by atoms with Gasteiger partial charge in [0.15, 0.2) is 25.5 Å². The van der Waals surface area contributed by atoms with Crippen molar-refractivity contribution in [2.24, 2.45) is 0 Å². The number of aromatic nitrogens is 4. The van der Waals surface area contributed by atoms with E-state index in [1.54, 1.807) is 0 Å². The highest BCUT2D eigenvalue weighted by Gasteiger charge is 2.41. The molecule has 0 atom stereocenters. The number of fused-ring (bicyclic) bond motifs is 6. The topological polar surface area (TPSA) is 56.7 Å². The second-order valence-electron chi connectivity index (χ2n) is 17.5. The zero-order chi connectivity index (χ0) is 45.7. The van der Waals surface area contributed by atoms with Crippen LogP contribution in [0.25, 0.3) is 94.7 Å². The molecular weight excluding hydrogens is 857 g/mol. The van der Waals surface area contributed by atoms with Crippen LogP contribution in [0.4, 0.5) is 0 Å². The third kappa shape index (κ3) is 6.72. The van der Waals surface area contributed by atoms with Gasteiger partial charge in [0, 0.05) is 49.5 Å². The molecule has 0 amide bonds. The first-order valence-electron chi connectivity index (χ1n) is 23.3. The van der Waals surface area contributed by atoms with Gasteiger partial charge in [-0.1, -0.05) is 212 Å². The second kappa shape index (κ2) is 16.7. The minimum atomic E-state index is -2.76. The molecule has 0 spiro atoms. The molecule has 10 aromatic carbocycles. The molecule has 0 radical (unpaired) electrons. The lowest BCUT2D eigenvalue weighted by molar-refractivity contribution is 0.670. The van der Waals surface area contributed by atoms with Crippen molar-refractivity contribution in [3.05, 3.63) is 255 Å². The number of furan rings is 1. The third-order valence-electron chi connectivity index (χ3n) is 13.7. The minimum absolute atomic E-state index is 0.579. The fourth-order valence-corrected chi connectivity index (χ4v) is 15.3. The summed E-state index contributed by atoms with van der Waals surface area (Å²) in [7, 11) is -2.76. The van der Waals surface area contributed by atoms with E-state index in [0.29, 0.717) is 17.5 Å². The van der Waals surface area contributed by atoms with Gasteiger partial charge in [-0.15, -0.1) is 0 Å². The smallest absolute Gasteiger partial charge is 0.179 e. The summed E-state index contributed by atoms with van der Waals surface area (Å²) in [6.07, 6.45) is 0. The zero-order valence-corrected chi connectivity index (χ0v) is 38.4. The molecule has 69 heavy (non-hydrogen) atoms. The van der Waals surface area contributed by atoms with Crippen molar-refractivity contribution in [1.29, 1.82) is 0 Å². The molecule has 0 aliphatic heterocycles. The van der Waals surface area contributed by atoms with Gasteiger partial charge in [0.05, 0.1) is 11.0 Å². The normalized spacial score (nSPS) is 11.8. The van der Waals surface area contributed by atoms with E-state index in [4.69, 9.17) is 19.4 Å².